The van der Waals surface area contributed by atoms with E-state index < -0.39 is 0 Å². The van der Waals surface area contributed by atoms with E-state index in [2.05, 4.69) is 5.32 Å². The number of benzene rings is 1. The van der Waals surface area contributed by atoms with Gasteiger partial charge in [0.25, 0.3) is 0 Å². The van der Waals surface area contributed by atoms with E-state index in [4.69, 9.17) is 16.0 Å². The normalized spacial score (nSPS) is 10.4. The van der Waals surface area contributed by atoms with Gasteiger partial charge < -0.3 is 14.6 Å². The largest absolute Gasteiger partial charge is 0.467 e. The Labute approximate surface area is 112 Å². The number of furan rings is 1. The van der Waals surface area contributed by atoms with Gasteiger partial charge >= 0.3 is 0 Å². The van der Waals surface area contributed by atoms with Crippen molar-refractivity contribution in [2.75, 3.05) is 24.3 Å². The summed E-state index contributed by atoms with van der Waals surface area (Å²) in [6.07, 6.45) is 1.70. The topological polar surface area (TPSA) is 28.4 Å². The second-order valence-electron chi connectivity index (χ2n) is 4.44. The van der Waals surface area contributed by atoms with Crippen LogP contribution >= 0.6 is 11.6 Å². The van der Waals surface area contributed by atoms with Gasteiger partial charge in [0.2, 0.25) is 0 Å². The Balaban J connectivity index is 2.07. The van der Waals surface area contributed by atoms with Crippen LogP contribution in [0, 0.1) is 6.92 Å². The molecule has 96 valence electrons. The van der Waals surface area contributed by atoms with Crippen molar-refractivity contribution in [2.45, 2.75) is 13.5 Å². The SMILES string of the molecule is Cc1ccoc1CNc1ccc(N(C)C)c(Cl)c1. The summed E-state index contributed by atoms with van der Waals surface area (Å²) in [6.45, 7) is 2.69. The molecule has 3 nitrogen and oxygen atoms in total. The van der Waals surface area contributed by atoms with Gasteiger partial charge in [0, 0.05) is 19.8 Å². The smallest absolute Gasteiger partial charge is 0.125 e. The summed E-state index contributed by atoms with van der Waals surface area (Å²) in [5.74, 6) is 0.947. The molecular formula is C14H17ClN2O. The number of nitrogens with zero attached hydrogens (tertiary/aromatic N) is 1. The lowest BCUT2D eigenvalue weighted by molar-refractivity contribution is 0.515. The fourth-order valence-electron chi connectivity index (χ4n) is 1.75. The molecule has 0 spiro atoms. The molecule has 1 N–H and O–H groups in total. The van der Waals surface area contributed by atoms with Gasteiger partial charge in [0.1, 0.15) is 5.76 Å². The van der Waals surface area contributed by atoms with Crippen molar-refractivity contribution in [3.8, 4) is 0 Å². The second kappa shape index (κ2) is 5.36. The highest BCUT2D eigenvalue weighted by Crippen LogP contribution is 2.27. The summed E-state index contributed by atoms with van der Waals surface area (Å²) < 4.78 is 5.37. The molecule has 18 heavy (non-hydrogen) atoms. The van der Waals surface area contributed by atoms with Crippen molar-refractivity contribution in [3.63, 3.8) is 0 Å². The molecule has 4 heteroatoms. The maximum absolute atomic E-state index is 6.21. The van der Waals surface area contributed by atoms with Gasteiger partial charge in [-0.3, -0.25) is 0 Å². The van der Waals surface area contributed by atoms with Crippen LogP contribution in [0.3, 0.4) is 0 Å². The lowest BCUT2D eigenvalue weighted by atomic mass is 10.2. The highest BCUT2D eigenvalue weighted by atomic mass is 35.5. The molecule has 0 aliphatic carbocycles. The number of hydrogen-bond donors (Lipinski definition) is 1. The number of halogens is 1. The van der Waals surface area contributed by atoms with Gasteiger partial charge in [-0.2, -0.15) is 0 Å². The molecule has 0 aliphatic rings. The Morgan fingerprint density at radius 3 is 2.61 bits per heavy atom. The lowest BCUT2D eigenvalue weighted by Crippen LogP contribution is -2.09. The van der Waals surface area contributed by atoms with Crippen LogP contribution in [-0.4, -0.2) is 14.1 Å². The quantitative estimate of drug-likeness (QED) is 0.907. The Morgan fingerprint density at radius 1 is 1.28 bits per heavy atom. The van der Waals surface area contributed by atoms with Crippen molar-refractivity contribution >= 4 is 23.0 Å². The molecule has 2 aromatic rings. The first kappa shape index (κ1) is 12.8. The molecule has 0 aliphatic heterocycles. The average molecular weight is 265 g/mol. The zero-order valence-electron chi connectivity index (χ0n) is 10.8. The third-order valence-corrected chi connectivity index (χ3v) is 3.15. The third-order valence-electron chi connectivity index (χ3n) is 2.85. The third kappa shape index (κ3) is 2.79. The lowest BCUT2D eigenvalue weighted by Gasteiger charge is -2.15. The van der Waals surface area contributed by atoms with E-state index in [1.54, 1.807) is 6.26 Å². The second-order valence-corrected chi connectivity index (χ2v) is 4.85. The van der Waals surface area contributed by atoms with Crippen LogP contribution in [0.1, 0.15) is 11.3 Å². The molecule has 0 saturated carbocycles. The number of anilines is 2. The fourth-order valence-corrected chi connectivity index (χ4v) is 2.10. The van der Waals surface area contributed by atoms with E-state index in [9.17, 15) is 0 Å². The minimum Gasteiger partial charge on any atom is -0.467 e. The first-order valence-corrected chi connectivity index (χ1v) is 6.19. The summed E-state index contributed by atoms with van der Waals surface area (Å²) in [4.78, 5) is 1.99. The molecule has 0 atom stereocenters. The predicted octanol–water partition coefficient (Wildman–Crippen LogP) is 3.92. The minimum absolute atomic E-state index is 0.663. The number of rotatable bonds is 4. The Bertz CT molecular complexity index is 534. The Hall–Kier alpha value is -1.61. The Kier molecular flexibility index (Phi) is 3.82. The summed E-state index contributed by atoms with van der Waals surface area (Å²) in [5.41, 5.74) is 3.15. The van der Waals surface area contributed by atoms with Crippen LogP contribution in [0.4, 0.5) is 11.4 Å². The van der Waals surface area contributed by atoms with E-state index in [0.717, 1.165) is 27.7 Å². The van der Waals surface area contributed by atoms with E-state index in [0.29, 0.717) is 6.54 Å². The first-order chi connectivity index (χ1) is 8.58. The average Bonchev–Trinajstić information content (AvgIpc) is 2.72. The number of aryl methyl sites for hydroxylation is 1. The van der Waals surface area contributed by atoms with Crippen molar-refractivity contribution in [3.05, 3.63) is 46.9 Å². The van der Waals surface area contributed by atoms with Gasteiger partial charge in [-0.05, 0) is 36.8 Å². The van der Waals surface area contributed by atoms with Gasteiger partial charge in [-0.25, -0.2) is 0 Å². The van der Waals surface area contributed by atoms with Crippen LogP contribution < -0.4 is 10.2 Å². The molecule has 0 radical (unpaired) electrons. The monoisotopic (exact) mass is 264 g/mol. The highest BCUT2D eigenvalue weighted by molar-refractivity contribution is 6.33. The molecular weight excluding hydrogens is 248 g/mol. The fraction of sp³-hybridized carbons (Fsp3) is 0.286. The van der Waals surface area contributed by atoms with Crippen molar-refractivity contribution in [1.29, 1.82) is 0 Å². The first-order valence-electron chi connectivity index (χ1n) is 5.81. The molecule has 0 fully saturated rings. The van der Waals surface area contributed by atoms with Crippen LogP contribution in [-0.2, 0) is 6.54 Å². The molecule has 0 amide bonds. The molecule has 0 bridgehead atoms. The van der Waals surface area contributed by atoms with Crippen LogP contribution in [0.25, 0.3) is 0 Å². The zero-order valence-corrected chi connectivity index (χ0v) is 11.6. The van der Waals surface area contributed by atoms with Crippen LogP contribution in [0.2, 0.25) is 5.02 Å². The summed E-state index contributed by atoms with van der Waals surface area (Å²) in [5, 5.41) is 4.04. The van der Waals surface area contributed by atoms with Gasteiger partial charge in [0.15, 0.2) is 0 Å². The van der Waals surface area contributed by atoms with Crippen LogP contribution in [0.5, 0.6) is 0 Å². The summed E-state index contributed by atoms with van der Waals surface area (Å²) in [6, 6.07) is 7.90. The molecule has 0 saturated heterocycles. The Morgan fingerprint density at radius 2 is 2.06 bits per heavy atom. The van der Waals surface area contributed by atoms with Gasteiger partial charge in [-0.15, -0.1) is 0 Å². The number of nitrogens with one attached hydrogen (secondary N) is 1. The van der Waals surface area contributed by atoms with Crippen molar-refractivity contribution in [2.24, 2.45) is 0 Å². The standard InChI is InChI=1S/C14H17ClN2O/c1-10-6-7-18-14(10)9-16-11-4-5-13(17(2)3)12(15)8-11/h4-8,16H,9H2,1-3H3. The van der Waals surface area contributed by atoms with E-state index >= 15 is 0 Å². The van der Waals surface area contributed by atoms with E-state index in [1.807, 2.05) is 50.2 Å². The number of hydrogen-bond acceptors (Lipinski definition) is 3. The van der Waals surface area contributed by atoms with E-state index in [1.165, 1.54) is 0 Å². The van der Waals surface area contributed by atoms with Gasteiger partial charge in [-0.1, -0.05) is 11.6 Å². The van der Waals surface area contributed by atoms with Crippen LogP contribution in [0.15, 0.2) is 34.9 Å². The predicted molar refractivity (Wildman–Crippen MR) is 76.6 cm³/mol. The molecule has 1 heterocycles. The molecule has 1 aromatic carbocycles. The minimum atomic E-state index is 0.663. The molecule has 0 unspecified atom stereocenters. The maximum Gasteiger partial charge on any atom is 0.125 e. The van der Waals surface area contributed by atoms with Crippen molar-refractivity contribution in [1.82, 2.24) is 0 Å². The summed E-state index contributed by atoms with van der Waals surface area (Å²) >= 11 is 6.21. The maximum atomic E-state index is 6.21. The summed E-state index contributed by atoms with van der Waals surface area (Å²) in [7, 11) is 3.95. The highest BCUT2D eigenvalue weighted by Gasteiger charge is 2.05. The van der Waals surface area contributed by atoms with Crippen molar-refractivity contribution < 1.29 is 4.42 Å². The van der Waals surface area contributed by atoms with E-state index in [-0.39, 0.29) is 0 Å². The van der Waals surface area contributed by atoms with Gasteiger partial charge in [0.05, 0.1) is 23.5 Å². The molecule has 2 rings (SSSR count). The zero-order chi connectivity index (χ0) is 13.1. The molecule has 1 aromatic heterocycles.